The van der Waals surface area contributed by atoms with Gasteiger partial charge in [-0.3, -0.25) is 9.36 Å². The zero-order valence-electron chi connectivity index (χ0n) is 18.1. The van der Waals surface area contributed by atoms with Crippen molar-refractivity contribution in [3.8, 4) is 12.3 Å². The summed E-state index contributed by atoms with van der Waals surface area (Å²) in [4.78, 5) is 23.9. The van der Waals surface area contributed by atoms with E-state index in [2.05, 4.69) is 25.4 Å². The lowest BCUT2D eigenvalue weighted by Crippen LogP contribution is -2.42. The van der Waals surface area contributed by atoms with Gasteiger partial charge in [-0.15, -0.1) is 10.9 Å². The number of nitrogens with one attached hydrogen (secondary N) is 2. The Hall–Kier alpha value is -2.95. The molecule has 13 nitrogen and oxygen atoms in total. The summed E-state index contributed by atoms with van der Waals surface area (Å²) in [5.41, 5.74) is 3.43. The first-order valence-corrected chi connectivity index (χ1v) is 11.0. The average Bonchev–Trinajstić information content (AvgIpc) is 3.31. The van der Waals surface area contributed by atoms with E-state index < -0.39 is 50.9 Å². The lowest BCUT2D eigenvalue weighted by molar-refractivity contribution is -0.144. The lowest BCUT2D eigenvalue weighted by atomic mass is 9.97. The largest absolute Gasteiger partial charge is 0.613 e. The van der Waals surface area contributed by atoms with Gasteiger partial charge in [-0.05, 0) is 18.4 Å². The van der Waals surface area contributed by atoms with Crippen LogP contribution in [0.15, 0.2) is 6.33 Å². The molecule has 1 fully saturated rings. The van der Waals surface area contributed by atoms with Crippen molar-refractivity contribution in [1.29, 1.82) is 0 Å². The highest BCUT2D eigenvalue weighted by Crippen LogP contribution is 2.43. The van der Waals surface area contributed by atoms with Gasteiger partial charge in [-0.25, -0.2) is 9.37 Å². The number of fused-ring (bicyclic) bond motifs is 1. The number of carbonyl (C=O) groups excluding carboxylic acids is 1. The summed E-state index contributed by atoms with van der Waals surface area (Å²) in [6.07, 6.45) is 1.96. The van der Waals surface area contributed by atoms with E-state index in [4.69, 9.17) is 26.2 Å². The third kappa shape index (κ3) is 4.73. The number of terminal acetylenes is 1. The normalized spacial score (nSPS) is 26.1. The minimum Gasteiger partial charge on any atom is -0.465 e. The summed E-state index contributed by atoms with van der Waals surface area (Å²) in [5, 5.41) is 15.8. The highest BCUT2D eigenvalue weighted by atomic mass is 31.1. The number of nitrogens with two attached hydrogens (primary N) is 1. The SMILES string of the molecule is C#C[C@@]1(F)[C@H](O)[C@@H](CO[P+](=O)N[C@@H](C)C(=O)OCC)O[C@H]1n1cnc2c(NC)nc(N)nc21. The average molecular weight is 484 g/mol. The Labute approximate surface area is 189 Å². The third-order valence-corrected chi connectivity index (χ3v) is 5.87. The molecule has 1 unspecified atom stereocenters. The van der Waals surface area contributed by atoms with Crippen LogP contribution in [0.4, 0.5) is 16.2 Å². The molecule has 3 rings (SSSR count). The molecule has 0 bridgehead atoms. The molecule has 0 aliphatic carbocycles. The fourth-order valence-electron chi connectivity index (χ4n) is 3.25. The van der Waals surface area contributed by atoms with Crippen LogP contribution >= 0.6 is 8.18 Å². The number of rotatable bonds is 9. The van der Waals surface area contributed by atoms with Crippen LogP contribution in [-0.4, -0.2) is 74.8 Å². The Balaban J connectivity index is 1.78. The molecule has 5 N–H and O–H groups in total. The number of alkyl halides is 1. The molecule has 178 valence electrons. The van der Waals surface area contributed by atoms with Crippen LogP contribution in [0.2, 0.25) is 0 Å². The lowest BCUT2D eigenvalue weighted by Gasteiger charge is -2.23. The number of aliphatic hydroxyl groups excluding tert-OH is 1. The summed E-state index contributed by atoms with van der Waals surface area (Å²) in [6, 6.07) is -0.912. The van der Waals surface area contributed by atoms with E-state index in [0.29, 0.717) is 5.82 Å². The Kier molecular flexibility index (Phi) is 7.41. The number of ether oxygens (including phenoxy) is 2. The Morgan fingerprint density at radius 3 is 2.94 bits per heavy atom. The van der Waals surface area contributed by atoms with E-state index in [0.717, 1.165) is 0 Å². The predicted molar refractivity (Wildman–Crippen MR) is 115 cm³/mol. The van der Waals surface area contributed by atoms with Crippen molar-refractivity contribution in [2.75, 3.05) is 31.3 Å². The number of imidazole rings is 1. The highest BCUT2D eigenvalue weighted by molar-refractivity contribution is 7.36. The molecule has 2 aromatic rings. The second-order valence-electron chi connectivity index (χ2n) is 7.04. The van der Waals surface area contributed by atoms with Crippen molar-refractivity contribution in [2.45, 2.75) is 44.0 Å². The molecular weight excluding hydrogens is 460 g/mol. The molecule has 0 saturated carbocycles. The van der Waals surface area contributed by atoms with Crippen molar-refractivity contribution >= 4 is 37.1 Å². The first kappa shape index (κ1) is 24.7. The van der Waals surface area contributed by atoms with Gasteiger partial charge in [-0.2, -0.15) is 9.97 Å². The zero-order chi connectivity index (χ0) is 24.3. The summed E-state index contributed by atoms with van der Waals surface area (Å²) < 4.78 is 44.6. The second-order valence-corrected chi connectivity index (χ2v) is 8.07. The summed E-state index contributed by atoms with van der Waals surface area (Å²) in [6.45, 7) is 2.74. The first-order valence-electron chi connectivity index (χ1n) is 9.87. The minimum absolute atomic E-state index is 0.101. The third-order valence-electron chi connectivity index (χ3n) is 4.89. The summed E-state index contributed by atoms with van der Waals surface area (Å²) in [7, 11) is -0.963. The Morgan fingerprint density at radius 2 is 2.30 bits per heavy atom. The number of aliphatic hydroxyl groups is 1. The van der Waals surface area contributed by atoms with E-state index in [1.165, 1.54) is 17.8 Å². The van der Waals surface area contributed by atoms with Crippen LogP contribution in [0, 0.1) is 12.3 Å². The van der Waals surface area contributed by atoms with E-state index in [9.17, 15) is 14.5 Å². The highest BCUT2D eigenvalue weighted by Gasteiger charge is 2.58. The van der Waals surface area contributed by atoms with E-state index in [-0.39, 0.29) is 23.7 Å². The molecule has 0 amide bonds. The summed E-state index contributed by atoms with van der Waals surface area (Å²) >= 11 is 0. The number of hydrogen-bond acceptors (Lipinski definition) is 11. The van der Waals surface area contributed by atoms with Gasteiger partial charge in [-0.1, -0.05) is 11.0 Å². The standard InChI is InChI=1S/C18H24FN7O6P/c1-5-18(19)12(27)10(7-31-33(29)25-9(3)15(28)30-6-2)32-16(18)26-8-22-11-13(21-4)23-17(20)24-14(11)26/h1,8-10,12,16,27H,6-7H2,2-4H3,(H,25,29)(H3,20,21,23,24)/q+1/t9-,10+,12+,16+,18+/m0/s1. The molecule has 0 spiro atoms. The maximum atomic E-state index is 15.7. The molecule has 33 heavy (non-hydrogen) atoms. The Bertz CT molecular complexity index is 1090. The monoisotopic (exact) mass is 484 g/mol. The fraction of sp³-hybridized carbons (Fsp3) is 0.556. The molecule has 0 aromatic carbocycles. The summed E-state index contributed by atoms with van der Waals surface area (Å²) in [5.74, 6) is 1.51. The predicted octanol–water partition coefficient (Wildman–Crippen LogP) is 0.265. The first-order chi connectivity index (χ1) is 15.7. The van der Waals surface area contributed by atoms with Gasteiger partial charge in [0.05, 0.1) is 12.9 Å². The topological polar surface area (TPSA) is 176 Å². The smallest absolute Gasteiger partial charge is 0.465 e. The molecule has 1 saturated heterocycles. The van der Waals surface area contributed by atoms with Crippen LogP contribution in [0.3, 0.4) is 0 Å². The maximum absolute atomic E-state index is 15.7. The number of halogens is 1. The van der Waals surface area contributed by atoms with Crippen molar-refractivity contribution in [3.05, 3.63) is 6.33 Å². The van der Waals surface area contributed by atoms with Gasteiger partial charge in [0.15, 0.2) is 23.2 Å². The molecule has 1 aliphatic rings. The van der Waals surface area contributed by atoms with E-state index >= 15 is 4.39 Å². The molecule has 3 heterocycles. The Morgan fingerprint density at radius 1 is 1.58 bits per heavy atom. The molecule has 15 heteroatoms. The van der Waals surface area contributed by atoms with Crippen molar-refractivity contribution < 1.29 is 32.9 Å². The van der Waals surface area contributed by atoms with Crippen LogP contribution in [0.25, 0.3) is 11.2 Å². The van der Waals surface area contributed by atoms with Gasteiger partial charge >= 0.3 is 14.1 Å². The van der Waals surface area contributed by atoms with Crippen LogP contribution in [-0.2, 0) is 23.4 Å². The number of anilines is 2. The maximum Gasteiger partial charge on any atom is 0.613 e. The van der Waals surface area contributed by atoms with Crippen LogP contribution in [0.5, 0.6) is 0 Å². The van der Waals surface area contributed by atoms with Crippen LogP contribution < -0.4 is 16.1 Å². The number of carbonyl (C=O) groups is 1. The van der Waals surface area contributed by atoms with E-state index in [1.54, 1.807) is 14.0 Å². The molecular formula is C18H24FN7O6P+. The second kappa shape index (κ2) is 9.90. The van der Waals surface area contributed by atoms with Crippen LogP contribution in [0.1, 0.15) is 20.1 Å². The van der Waals surface area contributed by atoms with Gasteiger partial charge < -0.3 is 25.6 Å². The number of nitrogen functional groups attached to an aromatic ring is 1. The molecule has 6 atom stereocenters. The van der Waals surface area contributed by atoms with Crippen molar-refractivity contribution in [2.24, 2.45) is 0 Å². The van der Waals surface area contributed by atoms with Gasteiger partial charge in [0.1, 0.15) is 24.9 Å². The molecule has 0 radical (unpaired) electrons. The van der Waals surface area contributed by atoms with Gasteiger partial charge in [0.2, 0.25) is 11.6 Å². The van der Waals surface area contributed by atoms with Gasteiger partial charge in [0.25, 0.3) is 0 Å². The zero-order valence-corrected chi connectivity index (χ0v) is 19.0. The van der Waals surface area contributed by atoms with Gasteiger partial charge in [0, 0.05) is 7.05 Å². The minimum atomic E-state index is -2.70. The van der Waals surface area contributed by atoms with E-state index in [1.807, 2.05) is 5.92 Å². The number of aromatic nitrogens is 4. The van der Waals surface area contributed by atoms with Crippen molar-refractivity contribution in [1.82, 2.24) is 24.6 Å². The fourth-order valence-corrected chi connectivity index (χ4v) is 4.02. The van der Waals surface area contributed by atoms with Crippen molar-refractivity contribution in [3.63, 3.8) is 0 Å². The molecule has 2 aromatic heterocycles. The molecule has 1 aliphatic heterocycles. The number of hydrogen-bond donors (Lipinski definition) is 4. The number of esters is 1. The number of nitrogens with zero attached hydrogens (tertiary/aromatic N) is 4. The quantitative estimate of drug-likeness (QED) is 0.217.